The van der Waals surface area contributed by atoms with E-state index in [0.29, 0.717) is 23.4 Å². The highest BCUT2D eigenvalue weighted by atomic mass is 32.2. The Balaban J connectivity index is 2.16. The maximum Gasteiger partial charge on any atom is 0.264 e. The molecule has 0 spiro atoms. The van der Waals surface area contributed by atoms with Gasteiger partial charge in [0.05, 0.1) is 10.6 Å². The molecule has 0 aliphatic heterocycles. The maximum atomic E-state index is 13.3. The second-order valence-electron chi connectivity index (χ2n) is 6.24. The van der Waals surface area contributed by atoms with E-state index in [-0.39, 0.29) is 10.9 Å². The highest BCUT2D eigenvalue weighted by Gasteiger charge is 2.24. The summed E-state index contributed by atoms with van der Waals surface area (Å²) in [4.78, 5) is 8.43. The van der Waals surface area contributed by atoms with Gasteiger partial charge in [0, 0.05) is 25.2 Å². The second kappa shape index (κ2) is 7.85. The zero-order chi connectivity index (χ0) is 20.3. The molecule has 0 fully saturated rings. The number of fused-ring (bicyclic) bond motifs is 1. The summed E-state index contributed by atoms with van der Waals surface area (Å²) >= 11 is 0. The van der Waals surface area contributed by atoms with E-state index < -0.39 is 10.0 Å². The van der Waals surface area contributed by atoms with Gasteiger partial charge in [-0.25, -0.2) is 13.4 Å². The van der Waals surface area contributed by atoms with Crippen molar-refractivity contribution < 1.29 is 8.42 Å². The quantitative estimate of drug-likeness (QED) is 0.509. The van der Waals surface area contributed by atoms with Crippen LogP contribution in [-0.2, 0) is 10.0 Å². The number of guanidine groups is 1. The molecule has 0 radical (unpaired) electrons. The third-order valence-electron chi connectivity index (χ3n) is 4.47. The lowest BCUT2D eigenvalue weighted by Gasteiger charge is -2.23. The minimum atomic E-state index is -3.74. The first-order valence-corrected chi connectivity index (χ1v) is 10.3. The summed E-state index contributed by atoms with van der Waals surface area (Å²) in [6, 6.07) is 14.1. The predicted molar refractivity (Wildman–Crippen MR) is 114 cm³/mol. The average Bonchev–Trinajstić information content (AvgIpc) is 2.71. The number of pyridine rings is 1. The number of aryl methyl sites for hydroxylation is 1. The molecular weight excluding hydrogens is 374 g/mol. The molecule has 3 aromatic rings. The monoisotopic (exact) mass is 397 g/mol. The molecule has 146 valence electrons. The van der Waals surface area contributed by atoms with Crippen LogP contribution < -0.4 is 15.4 Å². The van der Waals surface area contributed by atoms with Crippen LogP contribution in [0.5, 0.6) is 0 Å². The molecule has 3 rings (SSSR count). The molecular formula is C20H23N5O2S. The van der Waals surface area contributed by atoms with Gasteiger partial charge in [-0.3, -0.25) is 9.30 Å². The van der Waals surface area contributed by atoms with E-state index in [1.165, 1.54) is 4.31 Å². The summed E-state index contributed by atoms with van der Waals surface area (Å²) in [6.45, 7) is 4.05. The fourth-order valence-corrected chi connectivity index (χ4v) is 4.51. The van der Waals surface area contributed by atoms with Crippen LogP contribution in [0, 0.1) is 6.92 Å². The smallest absolute Gasteiger partial charge is 0.264 e. The van der Waals surface area contributed by atoms with Crippen LogP contribution in [0.1, 0.15) is 12.5 Å². The van der Waals surface area contributed by atoms with Crippen molar-refractivity contribution in [3.8, 4) is 0 Å². The molecule has 8 heteroatoms. The molecule has 1 aromatic heterocycles. The number of rotatable bonds is 5. The normalized spacial score (nSPS) is 12.2. The molecule has 0 unspecified atom stereocenters. The zero-order valence-electron chi connectivity index (χ0n) is 16.0. The molecule has 0 aliphatic carbocycles. The number of anilines is 2. The Morgan fingerprint density at radius 2 is 1.89 bits per heavy atom. The third-order valence-corrected chi connectivity index (χ3v) is 6.36. The van der Waals surface area contributed by atoms with Crippen LogP contribution in [0.3, 0.4) is 0 Å². The Kier molecular flexibility index (Phi) is 5.51. The molecule has 28 heavy (non-hydrogen) atoms. The first-order chi connectivity index (χ1) is 13.4. The van der Waals surface area contributed by atoms with Crippen molar-refractivity contribution in [3.05, 3.63) is 60.3 Å². The van der Waals surface area contributed by atoms with E-state index in [9.17, 15) is 8.42 Å². The number of sulfonamides is 1. The second-order valence-corrected chi connectivity index (χ2v) is 8.10. The molecule has 3 N–H and O–H groups in total. The van der Waals surface area contributed by atoms with E-state index in [2.05, 4.69) is 15.3 Å². The fraction of sp³-hybridized carbons (Fsp3) is 0.200. The zero-order valence-corrected chi connectivity index (χ0v) is 16.9. The summed E-state index contributed by atoms with van der Waals surface area (Å²) in [6.07, 6.45) is 1.71. The van der Waals surface area contributed by atoms with Crippen molar-refractivity contribution >= 4 is 38.3 Å². The number of nitrogens with two attached hydrogens (primary N) is 1. The van der Waals surface area contributed by atoms with Gasteiger partial charge in [0.2, 0.25) is 0 Å². The first-order valence-electron chi connectivity index (χ1n) is 8.85. The minimum absolute atomic E-state index is 0.188. The topological polar surface area (TPSA) is 101 Å². The Morgan fingerprint density at radius 1 is 1.18 bits per heavy atom. The first kappa shape index (κ1) is 19.6. The SMILES string of the molecule is CCN(c1ccccc1)S(=O)(=O)c1ccc2c(C)cnc(NC(N)=NC)c2c1. The van der Waals surface area contributed by atoms with Crippen molar-refractivity contribution in [2.75, 3.05) is 23.2 Å². The van der Waals surface area contributed by atoms with Crippen LogP contribution in [0.25, 0.3) is 10.8 Å². The van der Waals surface area contributed by atoms with E-state index in [0.717, 1.165) is 10.9 Å². The Morgan fingerprint density at radius 3 is 2.54 bits per heavy atom. The number of hydrogen-bond acceptors (Lipinski definition) is 4. The number of nitrogens with one attached hydrogen (secondary N) is 1. The molecule has 0 aliphatic rings. The average molecular weight is 398 g/mol. The summed E-state index contributed by atoms with van der Waals surface area (Å²) in [5.74, 6) is 0.661. The fourth-order valence-electron chi connectivity index (χ4n) is 3.01. The molecule has 0 saturated carbocycles. The van der Waals surface area contributed by atoms with E-state index >= 15 is 0 Å². The van der Waals surface area contributed by atoms with Gasteiger partial charge in [-0.1, -0.05) is 24.3 Å². The van der Waals surface area contributed by atoms with Crippen LogP contribution in [0.15, 0.2) is 64.6 Å². The van der Waals surface area contributed by atoms with Crippen molar-refractivity contribution in [1.82, 2.24) is 4.98 Å². The molecule has 0 amide bonds. The summed E-state index contributed by atoms with van der Waals surface area (Å²) in [7, 11) is -2.18. The predicted octanol–water partition coefficient (Wildman–Crippen LogP) is 3.11. The molecule has 0 bridgehead atoms. The summed E-state index contributed by atoms with van der Waals surface area (Å²) in [5, 5.41) is 4.48. The Hall–Kier alpha value is -3.13. The van der Waals surface area contributed by atoms with Crippen LogP contribution in [-0.4, -0.2) is 33.0 Å². The number of para-hydroxylation sites is 1. The van der Waals surface area contributed by atoms with E-state index in [1.54, 1.807) is 43.6 Å². The van der Waals surface area contributed by atoms with Gasteiger partial charge < -0.3 is 11.1 Å². The molecule has 0 atom stereocenters. The van der Waals surface area contributed by atoms with Gasteiger partial charge in [0.1, 0.15) is 5.82 Å². The van der Waals surface area contributed by atoms with Gasteiger partial charge in [-0.05, 0) is 49.1 Å². The Bertz CT molecular complexity index is 1130. The highest BCUT2D eigenvalue weighted by Crippen LogP contribution is 2.30. The third kappa shape index (κ3) is 3.63. The molecule has 1 heterocycles. The number of aromatic nitrogens is 1. The lowest BCUT2D eigenvalue weighted by Crippen LogP contribution is -2.30. The number of nitrogens with zero attached hydrogens (tertiary/aromatic N) is 3. The van der Waals surface area contributed by atoms with E-state index in [1.807, 2.05) is 32.0 Å². The van der Waals surface area contributed by atoms with Gasteiger partial charge in [0.15, 0.2) is 5.96 Å². The minimum Gasteiger partial charge on any atom is -0.370 e. The lowest BCUT2D eigenvalue weighted by molar-refractivity contribution is 0.592. The number of hydrogen-bond donors (Lipinski definition) is 2. The van der Waals surface area contributed by atoms with Crippen molar-refractivity contribution in [1.29, 1.82) is 0 Å². The van der Waals surface area contributed by atoms with Gasteiger partial charge in [0.25, 0.3) is 10.0 Å². The van der Waals surface area contributed by atoms with Gasteiger partial charge in [-0.15, -0.1) is 0 Å². The van der Waals surface area contributed by atoms with Gasteiger partial charge in [-0.2, -0.15) is 0 Å². The van der Waals surface area contributed by atoms with Crippen LogP contribution >= 0.6 is 0 Å². The molecule has 7 nitrogen and oxygen atoms in total. The summed E-state index contributed by atoms with van der Waals surface area (Å²) in [5.41, 5.74) is 7.33. The highest BCUT2D eigenvalue weighted by molar-refractivity contribution is 7.92. The molecule has 2 aromatic carbocycles. The van der Waals surface area contributed by atoms with Crippen molar-refractivity contribution in [2.45, 2.75) is 18.7 Å². The van der Waals surface area contributed by atoms with Crippen molar-refractivity contribution in [3.63, 3.8) is 0 Å². The standard InChI is InChI=1S/C20H23N5O2S/c1-4-25(15-8-6-5-7-9-15)28(26,27)16-10-11-17-14(2)13-23-19(18(17)12-16)24-20(21)22-3/h5-13H,4H2,1-3H3,(H3,21,22,23,24). The largest absolute Gasteiger partial charge is 0.370 e. The van der Waals surface area contributed by atoms with Crippen molar-refractivity contribution in [2.24, 2.45) is 10.7 Å². The lowest BCUT2D eigenvalue weighted by atomic mass is 10.1. The number of benzene rings is 2. The van der Waals surface area contributed by atoms with Crippen LogP contribution in [0.4, 0.5) is 11.5 Å². The summed E-state index contributed by atoms with van der Waals surface area (Å²) < 4.78 is 28.0. The molecule has 0 saturated heterocycles. The van der Waals surface area contributed by atoms with Gasteiger partial charge >= 0.3 is 0 Å². The number of aliphatic imine (C=N–C) groups is 1. The maximum absolute atomic E-state index is 13.3. The Labute approximate surface area is 165 Å². The van der Waals surface area contributed by atoms with E-state index in [4.69, 9.17) is 5.73 Å². The van der Waals surface area contributed by atoms with Crippen LogP contribution in [0.2, 0.25) is 0 Å².